The summed E-state index contributed by atoms with van der Waals surface area (Å²) in [4.78, 5) is 10.7. The quantitative estimate of drug-likeness (QED) is 0.717. The van der Waals surface area contributed by atoms with Crippen LogP contribution in [0.5, 0.6) is 0 Å². The number of benzene rings is 1. The normalized spacial score (nSPS) is 15.6. The maximum absolute atomic E-state index is 10.7. The van der Waals surface area contributed by atoms with Crippen molar-refractivity contribution in [3.63, 3.8) is 0 Å². The Labute approximate surface area is 120 Å². The number of hydrogen-bond acceptors (Lipinski definition) is 3. The maximum Gasteiger partial charge on any atom is 0.335 e. The lowest BCUT2D eigenvalue weighted by atomic mass is 10.1. The molecule has 1 aliphatic carbocycles. The third-order valence-electron chi connectivity index (χ3n) is 3.78. The smallest absolute Gasteiger partial charge is 0.335 e. The van der Waals surface area contributed by atoms with E-state index in [-0.39, 0.29) is 0 Å². The third-order valence-corrected chi connectivity index (χ3v) is 3.78. The number of carboxylic acids is 1. The van der Waals surface area contributed by atoms with Gasteiger partial charge in [0.25, 0.3) is 0 Å². The molecule has 4 nitrogen and oxygen atoms in total. The molecule has 0 atom stereocenters. The van der Waals surface area contributed by atoms with E-state index in [0.29, 0.717) is 5.56 Å². The van der Waals surface area contributed by atoms with Crippen molar-refractivity contribution in [3.8, 4) is 0 Å². The maximum atomic E-state index is 10.7. The second-order valence-electron chi connectivity index (χ2n) is 5.40. The highest BCUT2D eigenvalue weighted by atomic mass is 16.5. The first-order valence-corrected chi connectivity index (χ1v) is 7.36. The Hall–Kier alpha value is -1.39. The summed E-state index contributed by atoms with van der Waals surface area (Å²) in [6.45, 7) is 3.21. The molecule has 1 aromatic rings. The largest absolute Gasteiger partial charge is 0.478 e. The first-order valence-electron chi connectivity index (χ1n) is 7.36. The predicted molar refractivity (Wildman–Crippen MR) is 77.9 cm³/mol. The zero-order valence-electron chi connectivity index (χ0n) is 11.8. The lowest BCUT2D eigenvalue weighted by molar-refractivity contribution is 0.0697. The van der Waals surface area contributed by atoms with Crippen molar-refractivity contribution in [2.45, 2.75) is 32.2 Å². The van der Waals surface area contributed by atoms with E-state index < -0.39 is 5.97 Å². The van der Waals surface area contributed by atoms with E-state index in [1.165, 1.54) is 25.7 Å². The number of hydrogen-bond donors (Lipinski definition) is 2. The van der Waals surface area contributed by atoms with Gasteiger partial charge in [0, 0.05) is 19.7 Å². The summed E-state index contributed by atoms with van der Waals surface area (Å²) in [5.41, 5.74) is 1.42. The van der Waals surface area contributed by atoms with Crippen LogP contribution >= 0.6 is 0 Å². The van der Waals surface area contributed by atoms with Crippen molar-refractivity contribution in [2.75, 3.05) is 19.8 Å². The van der Waals surface area contributed by atoms with Gasteiger partial charge >= 0.3 is 5.97 Å². The summed E-state index contributed by atoms with van der Waals surface area (Å²) in [5, 5.41) is 12.1. The molecule has 0 bridgehead atoms. The van der Waals surface area contributed by atoms with Gasteiger partial charge in [0.1, 0.15) is 0 Å². The Morgan fingerprint density at radius 3 is 2.60 bits per heavy atom. The molecule has 0 radical (unpaired) electrons. The summed E-state index contributed by atoms with van der Waals surface area (Å²) >= 11 is 0. The monoisotopic (exact) mass is 277 g/mol. The number of nitrogens with one attached hydrogen (secondary N) is 1. The van der Waals surface area contributed by atoms with Gasteiger partial charge in [0.05, 0.1) is 12.2 Å². The van der Waals surface area contributed by atoms with Crippen LogP contribution in [0.1, 0.15) is 41.6 Å². The Morgan fingerprint density at radius 1 is 1.25 bits per heavy atom. The molecule has 0 spiro atoms. The van der Waals surface area contributed by atoms with Crippen LogP contribution < -0.4 is 5.32 Å². The first-order chi connectivity index (χ1) is 9.75. The molecule has 0 aliphatic heterocycles. The van der Waals surface area contributed by atoms with Gasteiger partial charge in [0.15, 0.2) is 0 Å². The zero-order chi connectivity index (χ0) is 14.2. The van der Waals surface area contributed by atoms with Gasteiger partial charge in [-0.05, 0) is 36.5 Å². The number of carboxylic acid groups (broad SMARTS) is 1. The zero-order valence-corrected chi connectivity index (χ0v) is 11.8. The molecule has 0 heterocycles. The van der Waals surface area contributed by atoms with E-state index in [4.69, 9.17) is 9.84 Å². The van der Waals surface area contributed by atoms with Crippen LogP contribution in [0.15, 0.2) is 24.3 Å². The molecule has 0 amide bonds. The molecule has 2 N–H and O–H groups in total. The Balaban J connectivity index is 1.55. The second-order valence-corrected chi connectivity index (χ2v) is 5.40. The highest BCUT2D eigenvalue weighted by Gasteiger charge is 2.14. The SMILES string of the molecule is O=C(O)c1ccc(CNCCOCC2CCCC2)cc1. The number of aromatic carboxylic acids is 1. The van der Waals surface area contributed by atoms with Gasteiger partial charge in [-0.1, -0.05) is 25.0 Å². The first kappa shape index (κ1) is 15.0. The Bertz CT molecular complexity index is 410. The number of ether oxygens (including phenoxy) is 1. The molecule has 20 heavy (non-hydrogen) atoms. The van der Waals surface area contributed by atoms with Gasteiger partial charge in [-0.2, -0.15) is 0 Å². The molecule has 1 aromatic carbocycles. The van der Waals surface area contributed by atoms with Gasteiger partial charge < -0.3 is 15.2 Å². The van der Waals surface area contributed by atoms with Crippen LogP contribution in [-0.4, -0.2) is 30.8 Å². The molecule has 2 rings (SSSR count). The summed E-state index contributed by atoms with van der Waals surface area (Å²) in [5.74, 6) is -0.108. The van der Waals surface area contributed by atoms with Gasteiger partial charge in [-0.3, -0.25) is 0 Å². The highest BCUT2D eigenvalue weighted by molar-refractivity contribution is 5.87. The lowest BCUT2D eigenvalue weighted by Gasteiger charge is -2.10. The number of rotatable bonds is 8. The molecular weight excluding hydrogens is 254 g/mol. The van der Waals surface area contributed by atoms with E-state index in [0.717, 1.165) is 37.8 Å². The molecule has 0 unspecified atom stereocenters. The van der Waals surface area contributed by atoms with E-state index in [9.17, 15) is 4.79 Å². The standard InChI is InChI=1S/C16H23NO3/c18-16(19)15-7-5-13(6-8-15)11-17-9-10-20-12-14-3-1-2-4-14/h5-8,14,17H,1-4,9-12H2,(H,18,19). The van der Waals surface area contributed by atoms with Crippen molar-refractivity contribution in [3.05, 3.63) is 35.4 Å². The van der Waals surface area contributed by atoms with Crippen molar-refractivity contribution in [1.82, 2.24) is 5.32 Å². The van der Waals surface area contributed by atoms with E-state index in [2.05, 4.69) is 5.32 Å². The van der Waals surface area contributed by atoms with E-state index >= 15 is 0 Å². The summed E-state index contributed by atoms with van der Waals surface area (Å²) in [6.07, 6.45) is 5.37. The minimum absolute atomic E-state index is 0.327. The Morgan fingerprint density at radius 2 is 1.95 bits per heavy atom. The van der Waals surface area contributed by atoms with Crippen LogP contribution in [0.4, 0.5) is 0 Å². The highest BCUT2D eigenvalue weighted by Crippen LogP contribution is 2.24. The van der Waals surface area contributed by atoms with Crippen molar-refractivity contribution < 1.29 is 14.6 Å². The van der Waals surface area contributed by atoms with Gasteiger partial charge in [-0.25, -0.2) is 4.79 Å². The van der Waals surface area contributed by atoms with Crippen LogP contribution in [0.3, 0.4) is 0 Å². The van der Waals surface area contributed by atoms with Crippen molar-refractivity contribution in [1.29, 1.82) is 0 Å². The van der Waals surface area contributed by atoms with Crippen molar-refractivity contribution >= 4 is 5.97 Å². The molecule has 4 heteroatoms. The van der Waals surface area contributed by atoms with Crippen LogP contribution in [-0.2, 0) is 11.3 Å². The molecular formula is C16H23NO3. The Kier molecular flexibility index (Phi) is 6.02. The molecule has 0 saturated heterocycles. The van der Waals surface area contributed by atoms with Crippen LogP contribution in [0.25, 0.3) is 0 Å². The topological polar surface area (TPSA) is 58.6 Å². The molecule has 110 valence electrons. The average molecular weight is 277 g/mol. The lowest BCUT2D eigenvalue weighted by Crippen LogP contribution is -2.20. The fraction of sp³-hybridized carbons (Fsp3) is 0.562. The van der Waals surface area contributed by atoms with E-state index in [1.54, 1.807) is 12.1 Å². The second kappa shape index (κ2) is 8.02. The number of carbonyl (C=O) groups is 1. The third kappa shape index (κ3) is 4.94. The fourth-order valence-corrected chi connectivity index (χ4v) is 2.57. The fourth-order valence-electron chi connectivity index (χ4n) is 2.57. The van der Waals surface area contributed by atoms with Gasteiger partial charge in [0.2, 0.25) is 0 Å². The van der Waals surface area contributed by atoms with E-state index in [1.807, 2.05) is 12.1 Å². The van der Waals surface area contributed by atoms with Crippen LogP contribution in [0, 0.1) is 5.92 Å². The van der Waals surface area contributed by atoms with Crippen LogP contribution in [0.2, 0.25) is 0 Å². The summed E-state index contributed by atoms with van der Waals surface area (Å²) in [6, 6.07) is 6.96. The minimum atomic E-state index is -0.884. The van der Waals surface area contributed by atoms with Gasteiger partial charge in [-0.15, -0.1) is 0 Å². The summed E-state index contributed by atoms with van der Waals surface area (Å²) in [7, 11) is 0. The predicted octanol–water partition coefficient (Wildman–Crippen LogP) is 2.68. The van der Waals surface area contributed by atoms with Crippen molar-refractivity contribution in [2.24, 2.45) is 5.92 Å². The summed E-state index contributed by atoms with van der Waals surface area (Å²) < 4.78 is 5.67. The molecule has 1 aliphatic rings. The average Bonchev–Trinajstić information content (AvgIpc) is 2.96. The molecule has 1 fully saturated rings. The molecule has 0 aromatic heterocycles. The minimum Gasteiger partial charge on any atom is -0.478 e. The molecule has 1 saturated carbocycles.